The van der Waals surface area contributed by atoms with E-state index in [1.54, 1.807) is 12.1 Å². The lowest BCUT2D eigenvalue weighted by Crippen LogP contribution is -2.35. The van der Waals surface area contributed by atoms with E-state index in [4.69, 9.17) is 5.73 Å². The van der Waals surface area contributed by atoms with Crippen molar-refractivity contribution in [2.45, 2.75) is 39.2 Å². The number of hydrogen-bond acceptors (Lipinski definition) is 1. The topological polar surface area (TPSA) is 26.0 Å². The molecule has 78 valence electrons. The second kappa shape index (κ2) is 4.09. The molecule has 0 unspecified atom stereocenters. The minimum atomic E-state index is -0.383. The third-order valence-electron chi connectivity index (χ3n) is 3.00. The van der Waals surface area contributed by atoms with E-state index in [1.807, 2.05) is 20.8 Å². The fraction of sp³-hybridized carbons (Fsp3) is 0.500. The standard InChI is InChI=1S/C12H18FN/c1-4-12(14,5-2)11-8-10(13)7-6-9(11)3/h6-8H,4-5,14H2,1-3H3. The highest BCUT2D eigenvalue weighted by molar-refractivity contribution is 5.32. The molecule has 0 bridgehead atoms. The van der Waals surface area contributed by atoms with Crippen LogP contribution in [0.2, 0.25) is 0 Å². The molecule has 1 rings (SSSR count). The Bertz CT molecular complexity index is 316. The molecule has 0 aliphatic rings. The number of nitrogens with two attached hydrogens (primary N) is 1. The number of hydrogen-bond donors (Lipinski definition) is 1. The summed E-state index contributed by atoms with van der Waals surface area (Å²) in [5.74, 6) is -0.206. The van der Waals surface area contributed by atoms with E-state index in [-0.39, 0.29) is 11.4 Å². The summed E-state index contributed by atoms with van der Waals surface area (Å²) in [5.41, 5.74) is 7.84. The number of rotatable bonds is 3. The zero-order valence-electron chi connectivity index (χ0n) is 9.10. The average Bonchev–Trinajstić information content (AvgIpc) is 2.20. The molecule has 0 amide bonds. The first-order chi connectivity index (χ1) is 6.53. The van der Waals surface area contributed by atoms with Gasteiger partial charge in [0.15, 0.2) is 0 Å². The predicted octanol–water partition coefficient (Wildman–Crippen LogP) is 3.11. The second-order valence-electron chi connectivity index (χ2n) is 3.82. The Morgan fingerprint density at radius 1 is 1.29 bits per heavy atom. The van der Waals surface area contributed by atoms with Gasteiger partial charge >= 0.3 is 0 Å². The van der Waals surface area contributed by atoms with Crippen molar-refractivity contribution in [2.75, 3.05) is 0 Å². The van der Waals surface area contributed by atoms with E-state index in [1.165, 1.54) is 6.07 Å². The van der Waals surface area contributed by atoms with Gasteiger partial charge in [-0.25, -0.2) is 4.39 Å². The smallest absolute Gasteiger partial charge is 0.123 e. The third-order valence-corrected chi connectivity index (χ3v) is 3.00. The summed E-state index contributed by atoms with van der Waals surface area (Å²) in [6.45, 7) is 6.05. The van der Waals surface area contributed by atoms with Crippen molar-refractivity contribution < 1.29 is 4.39 Å². The van der Waals surface area contributed by atoms with Gasteiger partial charge in [0.2, 0.25) is 0 Å². The summed E-state index contributed by atoms with van der Waals surface area (Å²) in [4.78, 5) is 0. The molecule has 1 nitrogen and oxygen atoms in total. The fourth-order valence-corrected chi connectivity index (χ4v) is 1.76. The average molecular weight is 195 g/mol. The van der Waals surface area contributed by atoms with E-state index in [2.05, 4.69) is 0 Å². The maximum Gasteiger partial charge on any atom is 0.123 e. The maximum absolute atomic E-state index is 13.1. The molecule has 0 fully saturated rings. The first-order valence-electron chi connectivity index (χ1n) is 5.09. The molecule has 0 heterocycles. The van der Waals surface area contributed by atoms with Gasteiger partial charge in [-0.15, -0.1) is 0 Å². The van der Waals surface area contributed by atoms with Crippen LogP contribution < -0.4 is 5.73 Å². The molecule has 0 spiro atoms. The molecular formula is C12H18FN. The van der Waals surface area contributed by atoms with Crippen LogP contribution >= 0.6 is 0 Å². The van der Waals surface area contributed by atoms with Crippen molar-refractivity contribution >= 4 is 0 Å². The third kappa shape index (κ3) is 1.95. The van der Waals surface area contributed by atoms with Gasteiger partial charge in [0, 0.05) is 5.54 Å². The first kappa shape index (κ1) is 11.2. The Balaban J connectivity index is 3.22. The molecule has 0 aliphatic heterocycles. The predicted molar refractivity (Wildman–Crippen MR) is 57.6 cm³/mol. The van der Waals surface area contributed by atoms with Gasteiger partial charge in [0.05, 0.1) is 0 Å². The van der Waals surface area contributed by atoms with Crippen LogP contribution in [-0.2, 0) is 5.54 Å². The molecule has 1 aromatic carbocycles. The van der Waals surface area contributed by atoms with Gasteiger partial charge in [-0.3, -0.25) is 0 Å². The van der Waals surface area contributed by atoms with Crippen molar-refractivity contribution in [1.29, 1.82) is 0 Å². The highest BCUT2D eigenvalue weighted by Crippen LogP contribution is 2.28. The summed E-state index contributed by atoms with van der Waals surface area (Å²) in [5, 5.41) is 0. The zero-order chi connectivity index (χ0) is 10.8. The fourth-order valence-electron chi connectivity index (χ4n) is 1.76. The van der Waals surface area contributed by atoms with Crippen LogP contribution in [0.1, 0.15) is 37.8 Å². The lowest BCUT2D eigenvalue weighted by molar-refractivity contribution is 0.408. The van der Waals surface area contributed by atoms with Gasteiger partial charge in [-0.1, -0.05) is 19.9 Å². The highest BCUT2D eigenvalue weighted by atomic mass is 19.1. The molecule has 0 aliphatic carbocycles. The number of benzene rings is 1. The Morgan fingerprint density at radius 3 is 2.36 bits per heavy atom. The largest absolute Gasteiger partial charge is 0.321 e. The Morgan fingerprint density at radius 2 is 1.86 bits per heavy atom. The normalized spacial score (nSPS) is 11.8. The molecule has 0 radical (unpaired) electrons. The van der Waals surface area contributed by atoms with Gasteiger partial charge in [0.1, 0.15) is 5.82 Å². The minimum absolute atomic E-state index is 0.206. The molecular weight excluding hydrogens is 177 g/mol. The van der Waals surface area contributed by atoms with E-state index < -0.39 is 0 Å². The molecule has 14 heavy (non-hydrogen) atoms. The number of aryl methyl sites for hydroxylation is 1. The van der Waals surface area contributed by atoms with E-state index in [0.29, 0.717) is 0 Å². The van der Waals surface area contributed by atoms with Crippen LogP contribution in [0.4, 0.5) is 4.39 Å². The van der Waals surface area contributed by atoms with Crippen molar-refractivity contribution in [2.24, 2.45) is 5.73 Å². The molecule has 2 N–H and O–H groups in total. The van der Waals surface area contributed by atoms with Gasteiger partial charge in [-0.05, 0) is 43.0 Å². The SMILES string of the molecule is CCC(N)(CC)c1cc(F)ccc1C. The zero-order valence-corrected chi connectivity index (χ0v) is 9.10. The van der Waals surface area contributed by atoms with E-state index in [9.17, 15) is 4.39 Å². The maximum atomic E-state index is 13.1. The van der Waals surface area contributed by atoms with Crippen molar-refractivity contribution in [3.8, 4) is 0 Å². The summed E-state index contributed by atoms with van der Waals surface area (Å²) in [6, 6.07) is 4.82. The van der Waals surface area contributed by atoms with Crippen LogP contribution in [0.15, 0.2) is 18.2 Å². The molecule has 0 saturated carbocycles. The van der Waals surface area contributed by atoms with Crippen LogP contribution in [0.25, 0.3) is 0 Å². The molecule has 2 heteroatoms. The van der Waals surface area contributed by atoms with Crippen molar-refractivity contribution in [3.05, 3.63) is 35.1 Å². The van der Waals surface area contributed by atoms with Crippen molar-refractivity contribution in [1.82, 2.24) is 0 Å². The molecule has 1 aromatic rings. The van der Waals surface area contributed by atoms with Crippen LogP contribution in [-0.4, -0.2) is 0 Å². The van der Waals surface area contributed by atoms with Gasteiger partial charge in [0.25, 0.3) is 0 Å². The Labute approximate surface area is 85.1 Å². The summed E-state index contributed by atoms with van der Waals surface area (Å²) >= 11 is 0. The van der Waals surface area contributed by atoms with Gasteiger partial charge < -0.3 is 5.73 Å². The highest BCUT2D eigenvalue weighted by Gasteiger charge is 2.24. The summed E-state index contributed by atoms with van der Waals surface area (Å²) in [6.07, 6.45) is 1.65. The Hall–Kier alpha value is -0.890. The van der Waals surface area contributed by atoms with Crippen LogP contribution in [0.5, 0.6) is 0 Å². The lowest BCUT2D eigenvalue weighted by Gasteiger charge is -2.29. The van der Waals surface area contributed by atoms with Crippen molar-refractivity contribution in [3.63, 3.8) is 0 Å². The Kier molecular flexibility index (Phi) is 3.27. The van der Waals surface area contributed by atoms with E-state index in [0.717, 1.165) is 24.0 Å². The lowest BCUT2D eigenvalue weighted by atomic mass is 9.83. The number of halogens is 1. The first-order valence-corrected chi connectivity index (χ1v) is 5.09. The molecule has 0 aromatic heterocycles. The van der Waals surface area contributed by atoms with Gasteiger partial charge in [-0.2, -0.15) is 0 Å². The minimum Gasteiger partial charge on any atom is -0.321 e. The van der Waals surface area contributed by atoms with E-state index >= 15 is 0 Å². The second-order valence-corrected chi connectivity index (χ2v) is 3.82. The molecule has 0 saturated heterocycles. The monoisotopic (exact) mass is 195 g/mol. The quantitative estimate of drug-likeness (QED) is 0.788. The molecule has 0 atom stereocenters. The summed E-state index contributed by atoms with van der Waals surface area (Å²) in [7, 11) is 0. The van der Waals surface area contributed by atoms with Crippen LogP contribution in [0.3, 0.4) is 0 Å². The summed E-state index contributed by atoms with van der Waals surface area (Å²) < 4.78 is 13.1. The van der Waals surface area contributed by atoms with Crippen LogP contribution in [0, 0.1) is 12.7 Å².